The predicted molar refractivity (Wildman–Crippen MR) is 73.0 cm³/mol. The molecule has 0 radical (unpaired) electrons. The first-order chi connectivity index (χ1) is 8.38. The maximum Gasteiger partial charge on any atom is 0.00106 e. The molecule has 2 nitrogen and oxygen atoms in total. The molecule has 0 saturated carbocycles. The Balaban J connectivity index is 1.63. The first kappa shape index (κ1) is 12.6. The number of rotatable bonds is 6. The molecule has 0 aliphatic carbocycles. The maximum atomic E-state index is 5.61. The van der Waals surface area contributed by atoms with E-state index in [-0.39, 0.29) is 0 Å². The Labute approximate surface area is 105 Å². The molecule has 1 aliphatic rings. The minimum atomic E-state index is 0.850. The molecule has 1 aliphatic heterocycles. The summed E-state index contributed by atoms with van der Waals surface area (Å²) < 4.78 is 0. The predicted octanol–water partition coefficient (Wildman–Crippen LogP) is 2.29. The van der Waals surface area contributed by atoms with Gasteiger partial charge in [-0.15, -0.1) is 0 Å². The van der Waals surface area contributed by atoms with Crippen molar-refractivity contribution in [2.75, 3.05) is 26.2 Å². The van der Waals surface area contributed by atoms with E-state index >= 15 is 0 Å². The molecule has 2 N–H and O–H groups in total. The normalized spacial score (nSPS) is 20.9. The Kier molecular flexibility index (Phi) is 5.02. The molecule has 1 saturated heterocycles. The van der Waals surface area contributed by atoms with Crippen LogP contribution >= 0.6 is 0 Å². The highest BCUT2D eigenvalue weighted by atomic mass is 15.1. The van der Waals surface area contributed by atoms with Gasteiger partial charge in [0.15, 0.2) is 0 Å². The molecular formula is C15H24N2. The zero-order valence-corrected chi connectivity index (χ0v) is 10.6. The third kappa shape index (κ3) is 4.14. The van der Waals surface area contributed by atoms with Gasteiger partial charge in [-0.2, -0.15) is 0 Å². The second kappa shape index (κ2) is 6.77. The largest absolute Gasteiger partial charge is 0.330 e. The van der Waals surface area contributed by atoms with E-state index in [1.807, 2.05) is 0 Å². The molecule has 0 aromatic heterocycles. The van der Waals surface area contributed by atoms with E-state index in [1.54, 1.807) is 0 Å². The lowest BCUT2D eigenvalue weighted by molar-refractivity contribution is 0.317. The van der Waals surface area contributed by atoms with Crippen molar-refractivity contribution in [3.8, 4) is 0 Å². The van der Waals surface area contributed by atoms with Gasteiger partial charge in [0.25, 0.3) is 0 Å². The zero-order chi connectivity index (χ0) is 11.9. The summed E-state index contributed by atoms with van der Waals surface area (Å²) in [6, 6.07) is 10.8. The summed E-state index contributed by atoms with van der Waals surface area (Å²) in [4.78, 5) is 2.60. The fourth-order valence-corrected chi connectivity index (χ4v) is 2.74. The van der Waals surface area contributed by atoms with Crippen LogP contribution in [0.1, 0.15) is 24.8 Å². The molecule has 2 heteroatoms. The van der Waals surface area contributed by atoms with Crippen molar-refractivity contribution in [1.29, 1.82) is 0 Å². The van der Waals surface area contributed by atoms with Crippen molar-refractivity contribution in [2.24, 2.45) is 11.7 Å². The SMILES string of the molecule is NCCC1CCN(CCCc2ccccc2)C1. The molecule has 1 heterocycles. The highest BCUT2D eigenvalue weighted by Gasteiger charge is 2.20. The van der Waals surface area contributed by atoms with E-state index < -0.39 is 0 Å². The third-order valence-corrected chi connectivity index (χ3v) is 3.73. The van der Waals surface area contributed by atoms with Crippen LogP contribution in [-0.2, 0) is 6.42 Å². The van der Waals surface area contributed by atoms with Gasteiger partial charge in [-0.05, 0) is 56.8 Å². The summed E-state index contributed by atoms with van der Waals surface area (Å²) >= 11 is 0. The number of benzene rings is 1. The molecule has 94 valence electrons. The lowest BCUT2D eigenvalue weighted by Crippen LogP contribution is -2.22. The molecule has 1 unspecified atom stereocenters. The van der Waals surface area contributed by atoms with Crippen LogP contribution in [-0.4, -0.2) is 31.1 Å². The van der Waals surface area contributed by atoms with Gasteiger partial charge in [0.05, 0.1) is 0 Å². The average molecular weight is 232 g/mol. The Morgan fingerprint density at radius 1 is 1.24 bits per heavy atom. The second-order valence-corrected chi connectivity index (χ2v) is 5.12. The molecule has 1 fully saturated rings. The fourth-order valence-electron chi connectivity index (χ4n) is 2.74. The third-order valence-electron chi connectivity index (χ3n) is 3.73. The molecule has 0 spiro atoms. The van der Waals surface area contributed by atoms with Gasteiger partial charge < -0.3 is 10.6 Å². The summed E-state index contributed by atoms with van der Waals surface area (Å²) in [7, 11) is 0. The topological polar surface area (TPSA) is 29.3 Å². The summed E-state index contributed by atoms with van der Waals surface area (Å²) in [5, 5.41) is 0. The van der Waals surface area contributed by atoms with Crippen LogP contribution in [0.25, 0.3) is 0 Å². The number of likely N-dealkylation sites (tertiary alicyclic amines) is 1. The van der Waals surface area contributed by atoms with Crippen LogP contribution < -0.4 is 5.73 Å². The van der Waals surface area contributed by atoms with Crippen molar-refractivity contribution in [3.63, 3.8) is 0 Å². The number of aryl methyl sites for hydroxylation is 1. The van der Waals surface area contributed by atoms with E-state index in [0.717, 1.165) is 12.5 Å². The monoisotopic (exact) mass is 232 g/mol. The summed E-state index contributed by atoms with van der Waals surface area (Å²) in [5.41, 5.74) is 7.07. The van der Waals surface area contributed by atoms with Crippen molar-refractivity contribution >= 4 is 0 Å². The molecule has 1 atom stereocenters. The molecule has 1 aromatic rings. The van der Waals surface area contributed by atoms with Crippen LogP contribution in [0.5, 0.6) is 0 Å². The smallest absolute Gasteiger partial charge is 0.00106 e. The second-order valence-electron chi connectivity index (χ2n) is 5.12. The average Bonchev–Trinajstić information content (AvgIpc) is 2.79. The standard InChI is InChI=1S/C15H24N2/c16-10-8-15-9-12-17(13-15)11-4-7-14-5-2-1-3-6-14/h1-3,5-6,15H,4,7-13,16H2. The van der Waals surface area contributed by atoms with Crippen molar-refractivity contribution in [2.45, 2.75) is 25.7 Å². The van der Waals surface area contributed by atoms with E-state index in [0.29, 0.717) is 0 Å². The molecular weight excluding hydrogens is 208 g/mol. The summed E-state index contributed by atoms with van der Waals surface area (Å²) in [5.74, 6) is 0.858. The Morgan fingerprint density at radius 2 is 2.06 bits per heavy atom. The highest BCUT2D eigenvalue weighted by Crippen LogP contribution is 2.19. The molecule has 2 rings (SSSR count). The van der Waals surface area contributed by atoms with E-state index in [2.05, 4.69) is 35.2 Å². The van der Waals surface area contributed by atoms with Gasteiger partial charge in [0.2, 0.25) is 0 Å². The van der Waals surface area contributed by atoms with E-state index in [9.17, 15) is 0 Å². The van der Waals surface area contributed by atoms with Crippen LogP contribution in [0.2, 0.25) is 0 Å². The maximum absolute atomic E-state index is 5.61. The van der Waals surface area contributed by atoms with Gasteiger partial charge in [0, 0.05) is 6.54 Å². The van der Waals surface area contributed by atoms with Crippen molar-refractivity contribution < 1.29 is 0 Å². The minimum absolute atomic E-state index is 0.850. The summed E-state index contributed by atoms with van der Waals surface area (Å²) in [6.07, 6.45) is 5.04. The molecule has 17 heavy (non-hydrogen) atoms. The van der Waals surface area contributed by atoms with Crippen LogP contribution in [0, 0.1) is 5.92 Å². The number of hydrogen-bond donors (Lipinski definition) is 1. The van der Waals surface area contributed by atoms with Crippen molar-refractivity contribution in [1.82, 2.24) is 4.90 Å². The summed E-state index contributed by atoms with van der Waals surface area (Å²) in [6.45, 7) is 4.64. The molecule has 0 amide bonds. The molecule has 0 bridgehead atoms. The van der Waals surface area contributed by atoms with Gasteiger partial charge in [-0.25, -0.2) is 0 Å². The quantitative estimate of drug-likeness (QED) is 0.815. The lowest BCUT2D eigenvalue weighted by Gasteiger charge is -2.15. The van der Waals surface area contributed by atoms with E-state index in [1.165, 1.54) is 50.9 Å². The number of nitrogens with zero attached hydrogens (tertiary/aromatic N) is 1. The van der Waals surface area contributed by atoms with Gasteiger partial charge in [-0.1, -0.05) is 30.3 Å². The van der Waals surface area contributed by atoms with Gasteiger partial charge >= 0.3 is 0 Å². The minimum Gasteiger partial charge on any atom is -0.330 e. The van der Waals surface area contributed by atoms with Crippen molar-refractivity contribution in [3.05, 3.63) is 35.9 Å². The first-order valence-electron chi connectivity index (χ1n) is 6.85. The fraction of sp³-hybridized carbons (Fsp3) is 0.600. The van der Waals surface area contributed by atoms with Gasteiger partial charge in [-0.3, -0.25) is 0 Å². The Bertz CT molecular complexity index is 310. The zero-order valence-electron chi connectivity index (χ0n) is 10.6. The lowest BCUT2D eigenvalue weighted by atomic mass is 10.1. The van der Waals surface area contributed by atoms with Gasteiger partial charge in [0.1, 0.15) is 0 Å². The highest BCUT2D eigenvalue weighted by molar-refractivity contribution is 5.14. The van der Waals surface area contributed by atoms with E-state index in [4.69, 9.17) is 5.73 Å². The first-order valence-corrected chi connectivity index (χ1v) is 6.85. The van der Waals surface area contributed by atoms with Crippen LogP contribution in [0.3, 0.4) is 0 Å². The number of hydrogen-bond acceptors (Lipinski definition) is 2. The van der Waals surface area contributed by atoms with Crippen LogP contribution in [0.15, 0.2) is 30.3 Å². The molecule has 1 aromatic carbocycles. The Morgan fingerprint density at radius 3 is 2.82 bits per heavy atom. The number of nitrogens with two attached hydrogens (primary N) is 1. The van der Waals surface area contributed by atoms with Crippen LogP contribution in [0.4, 0.5) is 0 Å². The Hall–Kier alpha value is -0.860.